The van der Waals surface area contributed by atoms with Gasteiger partial charge < -0.3 is 20.3 Å². The van der Waals surface area contributed by atoms with Gasteiger partial charge in [-0.25, -0.2) is 9.78 Å². The molecule has 1 fully saturated rings. The standard InChI is InChI=1S/C18H31N5O2S.HI/c1-6-14-11-21-15(26-14)7-9-20-16(19-5)23-10-8-13(12-23)22-17(24)25-18(2,3)4;/h11,13H,6-10,12H2,1-5H3,(H,19,20)(H,22,24);1H. The first-order valence-corrected chi connectivity index (χ1v) is 10.0. The van der Waals surface area contributed by atoms with Crippen LogP contribution in [-0.2, 0) is 17.6 Å². The Morgan fingerprint density at radius 3 is 2.81 bits per heavy atom. The van der Waals surface area contributed by atoms with Gasteiger partial charge in [0.15, 0.2) is 5.96 Å². The summed E-state index contributed by atoms with van der Waals surface area (Å²) in [4.78, 5) is 24.2. The zero-order chi connectivity index (χ0) is 19.2. The minimum Gasteiger partial charge on any atom is -0.444 e. The fourth-order valence-corrected chi connectivity index (χ4v) is 3.65. The molecule has 1 aromatic rings. The number of aliphatic imine (C=N–C) groups is 1. The molecule has 0 spiro atoms. The molecule has 2 N–H and O–H groups in total. The van der Waals surface area contributed by atoms with Gasteiger partial charge in [0, 0.05) is 44.2 Å². The maximum Gasteiger partial charge on any atom is 0.407 e. The highest BCUT2D eigenvalue weighted by atomic mass is 127. The molecule has 1 saturated heterocycles. The Balaban J connectivity index is 0.00000364. The van der Waals surface area contributed by atoms with Crippen LogP contribution in [0.3, 0.4) is 0 Å². The van der Waals surface area contributed by atoms with Crippen LogP contribution in [0.4, 0.5) is 4.79 Å². The second kappa shape index (κ2) is 11.0. The molecule has 27 heavy (non-hydrogen) atoms. The van der Waals surface area contributed by atoms with E-state index in [2.05, 4.69) is 32.4 Å². The van der Waals surface area contributed by atoms with Gasteiger partial charge in [-0.05, 0) is 33.6 Å². The van der Waals surface area contributed by atoms with Crippen molar-refractivity contribution in [2.24, 2.45) is 4.99 Å². The fraction of sp³-hybridized carbons (Fsp3) is 0.722. The summed E-state index contributed by atoms with van der Waals surface area (Å²) in [6, 6.07) is 0.0782. The minimum absolute atomic E-state index is 0. The topological polar surface area (TPSA) is 78.9 Å². The quantitative estimate of drug-likeness (QED) is 0.363. The zero-order valence-corrected chi connectivity index (χ0v) is 20.0. The second-order valence-corrected chi connectivity index (χ2v) is 8.58. The molecule has 2 heterocycles. The lowest BCUT2D eigenvalue weighted by molar-refractivity contribution is 0.0507. The lowest BCUT2D eigenvalue weighted by Gasteiger charge is -2.23. The van der Waals surface area contributed by atoms with E-state index in [1.165, 1.54) is 4.88 Å². The molecule has 0 saturated carbocycles. The number of carbonyl (C=O) groups is 1. The number of aryl methyl sites for hydroxylation is 1. The van der Waals surface area contributed by atoms with E-state index in [0.29, 0.717) is 0 Å². The number of aromatic nitrogens is 1. The fourth-order valence-electron chi connectivity index (χ4n) is 2.79. The van der Waals surface area contributed by atoms with Crippen LogP contribution >= 0.6 is 35.3 Å². The SMILES string of the molecule is CCc1cnc(CCNC(=NC)N2CCC(NC(=O)OC(C)(C)C)C2)s1.I. The van der Waals surface area contributed by atoms with E-state index < -0.39 is 5.60 Å². The second-order valence-electron chi connectivity index (χ2n) is 7.38. The normalized spacial score (nSPS) is 17.4. The molecular formula is C18H32IN5O2S. The number of hydrogen-bond acceptors (Lipinski definition) is 5. The average Bonchev–Trinajstić information content (AvgIpc) is 3.19. The Hall–Kier alpha value is -1.10. The van der Waals surface area contributed by atoms with Crippen molar-refractivity contribution < 1.29 is 9.53 Å². The van der Waals surface area contributed by atoms with Gasteiger partial charge in [0.05, 0.1) is 11.0 Å². The summed E-state index contributed by atoms with van der Waals surface area (Å²) in [6.45, 7) is 10.1. The summed E-state index contributed by atoms with van der Waals surface area (Å²) >= 11 is 1.77. The van der Waals surface area contributed by atoms with Crippen LogP contribution in [0.1, 0.15) is 44.0 Å². The highest BCUT2D eigenvalue weighted by Crippen LogP contribution is 2.14. The molecule has 154 valence electrons. The third kappa shape index (κ3) is 8.20. The number of guanidine groups is 1. The summed E-state index contributed by atoms with van der Waals surface area (Å²) in [5.41, 5.74) is -0.479. The lowest BCUT2D eigenvalue weighted by atomic mass is 10.2. The summed E-state index contributed by atoms with van der Waals surface area (Å²) in [5.74, 6) is 0.866. The Kier molecular flexibility index (Phi) is 9.78. The number of carbonyl (C=O) groups excluding carboxylic acids is 1. The van der Waals surface area contributed by atoms with Crippen LogP contribution in [0.2, 0.25) is 0 Å². The third-order valence-electron chi connectivity index (χ3n) is 3.99. The molecule has 1 aromatic heterocycles. The number of likely N-dealkylation sites (tertiary alicyclic amines) is 1. The van der Waals surface area contributed by atoms with Crippen LogP contribution < -0.4 is 10.6 Å². The summed E-state index contributed by atoms with van der Waals surface area (Å²) in [7, 11) is 1.79. The number of alkyl carbamates (subject to hydrolysis) is 1. The first-order chi connectivity index (χ1) is 12.3. The van der Waals surface area contributed by atoms with Gasteiger partial charge >= 0.3 is 6.09 Å². The number of nitrogens with one attached hydrogen (secondary N) is 2. The number of rotatable bonds is 5. The number of hydrogen-bond donors (Lipinski definition) is 2. The zero-order valence-electron chi connectivity index (χ0n) is 16.9. The summed E-state index contributed by atoms with van der Waals surface area (Å²) in [6.07, 6.45) is 4.40. The van der Waals surface area contributed by atoms with Gasteiger partial charge in [-0.3, -0.25) is 4.99 Å². The molecule has 1 unspecified atom stereocenters. The average molecular weight is 509 g/mol. The van der Waals surface area contributed by atoms with Crippen molar-refractivity contribution in [2.45, 2.75) is 58.6 Å². The molecule has 9 heteroatoms. The van der Waals surface area contributed by atoms with E-state index >= 15 is 0 Å². The van der Waals surface area contributed by atoms with Gasteiger partial charge in [-0.2, -0.15) is 0 Å². The molecule has 2 rings (SSSR count). The van der Waals surface area contributed by atoms with Gasteiger partial charge in [0.2, 0.25) is 0 Å². The number of halogens is 1. The van der Waals surface area contributed by atoms with Gasteiger partial charge in [0.1, 0.15) is 5.60 Å². The predicted octanol–water partition coefficient (Wildman–Crippen LogP) is 3.04. The van der Waals surface area contributed by atoms with E-state index in [0.717, 1.165) is 49.9 Å². The Morgan fingerprint density at radius 2 is 2.22 bits per heavy atom. The molecule has 1 aliphatic rings. The maximum absolute atomic E-state index is 11.9. The Labute approximate surface area is 183 Å². The smallest absolute Gasteiger partial charge is 0.407 e. The summed E-state index contributed by atoms with van der Waals surface area (Å²) in [5, 5.41) is 7.49. The largest absolute Gasteiger partial charge is 0.444 e. The van der Waals surface area contributed by atoms with Crippen LogP contribution in [0.15, 0.2) is 11.2 Å². The van der Waals surface area contributed by atoms with E-state index in [1.54, 1.807) is 18.4 Å². The van der Waals surface area contributed by atoms with E-state index in [9.17, 15) is 4.79 Å². The third-order valence-corrected chi connectivity index (χ3v) is 5.19. The van der Waals surface area contributed by atoms with Gasteiger partial charge in [-0.15, -0.1) is 35.3 Å². The molecule has 1 atom stereocenters. The first kappa shape index (κ1) is 23.9. The van der Waals surface area contributed by atoms with Crippen molar-refractivity contribution in [3.8, 4) is 0 Å². The van der Waals surface area contributed by atoms with Crippen molar-refractivity contribution in [3.63, 3.8) is 0 Å². The van der Waals surface area contributed by atoms with E-state index in [-0.39, 0.29) is 36.1 Å². The molecular weight excluding hydrogens is 477 g/mol. The maximum atomic E-state index is 11.9. The van der Waals surface area contributed by atoms with Crippen molar-refractivity contribution >= 4 is 47.4 Å². The predicted molar refractivity (Wildman–Crippen MR) is 121 cm³/mol. The minimum atomic E-state index is -0.479. The van der Waals surface area contributed by atoms with Crippen molar-refractivity contribution in [3.05, 3.63) is 16.1 Å². The molecule has 0 aromatic carbocycles. The van der Waals surface area contributed by atoms with Crippen molar-refractivity contribution in [2.75, 3.05) is 26.7 Å². The van der Waals surface area contributed by atoms with Crippen molar-refractivity contribution in [1.29, 1.82) is 0 Å². The van der Waals surface area contributed by atoms with Crippen LogP contribution in [0.5, 0.6) is 0 Å². The summed E-state index contributed by atoms with van der Waals surface area (Å²) < 4.78 is 5.33. The highest BCUT2D eigenvalue weighted by Gasteiger charge is 2.27. The number of amides is 1. The van der Waals surface area contributed by atoms with Crippen molar-refractivity contribution in [1.82, 2.24) is 20.5 Å². The molecule has 0 radical (unpaired) electrons. The molecule has 0 aliphatic carbocycles. The molecule has 7 nitrogen and oxygen atoms in total. The molecule has 1 amide bonds. The van der Waals surface area contributed by atoms with E-state index in [1.807, 2.05) is 27.0 Å². The number of ether oxygens (including phenoxy) is 1. The van der Waals surface area contributed by atoms with Crippen LogP contribution in [0.25, 0.3) is 0 Å². The number of thiazole rings is 1. The van der Waals surface area contributed by atoms with Crippen LogP contribution in [-0.4, -0.2) is 60.3 Å². The van der Waals surface area contributed by atoms with E-state index in [4.69, 9.17) is 4.74 Å². The van der Waals surface area contributed by atoms with Gasteiger partial charge in [0.25, 0.3) is 0 Å². The molecule has 1 aliphatic heterocycles. The number of nitrogens with zero attached hydrogens (tertiary/aromatic N) is 3. The van der Waals surface area contributed by atoms with Gasteiger partial charge in [-0.1, -0.05) is 6.92 Å². The Morgan fingerprint density at radius 1 is 1.48 bits per heavy atom. The first-order valence-electron chi connectivity index (χ1n) is 9.19. The Bertz CT molecular complexity index is 630. The molecule has 0 bridgehead atoms. The van der Waals surface area contributed by atoms with Crippen LogP contribution in [0, 0.1) is 0 Å². The monoisotopic (exact) mass is 509 g/mol. The lowest BCUT2D eigenvalue weighted by Crippen LogP contribution is -2.44. The highest BCUT2D eigenvalue weighted by molar-refractivity contribution is 14.0.